The molecule has 3 aromatic carbocycles. The number of benzene rings is 3. The fourth-order valence-electron chi connectivity index (χ4n) is 4.96. The van der Waals surface area contributed by atoms with Crippen LogP contribution in [0.5, 0.6) is 0 Å². The van der Waals surface area contributed by atoms with Gasteiger partial charge in [0.05, 0.1) is 28.8 Å². The lowest BCUT2D eigenvalue weighted by Gasteiger charge is -2.43. The van der Waals surface area contributed by atoms with Crippen molar-refractivity contribution in [2.24, 2.45) is 0 Å². The molecule has 0 aromatic heterocycles. The number of rotatable bonds is 8. The minimum Gasteiger partial charge on any atom is -0.407 e. The highest BCUT2D eigenvalue weighted by Crippen LogP contribution is 2.37. The zero-order chi connectivity index (χ0) is 24.9. The molecule has 0 bridgehead atoms. The molecule has 0 radical (unpaired) electrons. The first kappa shape index (κ1) is 25.8. The molecule has 0 saturated carbocycles. The van der Waals surface area contributed by atoms with Crippen molar-refractivity contribution < 1.29 is 13.4 Å². The van der Waals surface area contributed by atoms with E-state index in [1.807, 2.05) is 37.3 Å². The second kappa shape index (κ2) is 11.2. The fourth-order valence-corrected chi connectivity index (χ4v) is 11.0. The quantitative estimate of drug-likeness (QED) is 0.305. The predicted octanol–water partition coefficient (Wildman–Crippen LogP) is 5.39. The third-order valence-corrected chi connectivity index (χ3v) is 13.5. The van der Waals surface area contributed by atoms with Gasteiger partial charge >= 0.3 is 0 Å². The summed E-state index contributed by atoms with van der Waals surface area (Å²) < 4.78 is 26.6. The Morgan fingerprint density at radius 2 is 1.49 bits per heavy atom. The third-order valence-electron chi connectivity index (χ3n) is 6.74. The molecule has 1 unspecified atom stereocenters. The zero-order valence-electron chi connectivity index (χ0n) is 21.1. The molecule has 4 rings (SSSR count). The van der Waals surface area contributed by atoms with Crippen LogP contribution in [0.1, 0.15) is 32.8 Å². The summed E-state index contributed by atoms with van der Waals surface area (Å²) >= 11 is 0. The molecule has 3 nitrogen and oxygen atoms in total. The Labute approximate surface area is 213 Å². The van der Waals surface area contributed by atoms with E-state index in [2.05, 4.69) is 87.5 Å². The van der Waals surface area contributed by atoms with Crippen molar-refractivity contribution in [2.75, 3.05) is 13.2 Å². The number of ether oxygens (including phenoxy) is 1. The minimum absolute atomic E-state index is 0.0762. The van der Waals surface area contributed by atoms with E-state index in [1.54, 1.807) is 0 Å². The Kier molecular flexibility index (Phi) is 8.22. The van der Waals surface area contributed by atoms with Gasteiger partial charge in [-0.3, -0.25) is 4.21 Å². The van der Waals surface area contributed by atoms with Gasteiger partial charge in [0.2, 0.25) is 0 Å². The maximum Gasteiger partial charge on any atom is 0.261 e. The predicted molar refractivity (Wildman–Crippen MR) is 148 cm³/mol. The minimum atomic E-state index is -2.60. The van der Waals surface area contributed by atoms with Crippen molar-refractivity contribution >= 4 is 29.5 Å². The SMILES string of the molecule is Cc1ccc(S(=O)[C@@H]2C=CCO[C@H]2CCO[Si](c2ccccc2)(c2ccccc2)C(C)(C)C)cc1. The zero-order valence-corrected chi connectivity index (χ0v) is 23.0. The van der Waals surface area contributed by atoms with E-state index in [0.717, 1.165) is 10.5 Å². The molecule has 1 aliphatic rings. The summed E-state index contributed by atoms with van der Waals surface area (Å²) in [5.41, 5.74) is 1.16. The van der Waals surface area contributed by atoms with Gasteiger partial charge < -0.3 is 9.16 Å². The number of hydrogen-bond donors (Lipinski definition) is 0. The summed E-state index contributed by atoms with van der Waals surface area (Å²) in [4.78, 5) is 0.841. The van der Waals surface area contributed by atoms with E-state index in [4.69, 9.17) is 9.16 Å². The van der Waals surface area contributed by atoms with Crippen LogP contribution in [0.3, 0.4) is 0 Å². The van der Waals surface area contributed by atoms with Crippen LogP contribution in [-0.4, -0.2) is 37.1 Å². The summed E-state index contributed by atoms with van der Waals surface area (Å²) in [6.45, 7) is 10.00. The monoisotopic (exact) mass is 504 g/mol. The first-order valence-corrected chi connectivity index (χ1v) is 15.5. The van der Waals surface area contributed by atoms with Gasteiger partial charge in [0.15, 0.2) is 0 Å². The third kappa shape index (κ3) is 5.59. The summed E-state index contributed by atoms with van der Waals surface area (Å²) in [6, 6.07) is 29.3. The molecule has 0 fully saturated rings. The molecule has 3 aromatic rings. The Morgan fingerprint density at radius 3 is 2.03 bits per heavy atom. The fraction of sp³-hybridized carbons (Fsp3) is 0.333. The van der Waals surface area contributed by atoms with Gasteiger partial charge in [-0.1, -0.05) is 111 Å². The summed E-state index contributed by atoms with van der Waals surface area (Å²) in [6.07, 6.45) is 4.58. The molecule has 0 saturated heterocycles. The molecule has 5 heteroatoms. The van der Waals surface area contributed by atoms with Crippen LogP contribution < -0.4 is 10.4 Å². The summed E-state index contributed by atoms with van der Waals surface area (Å²) in [7, 11) is -3.78. The van der Waals surface area contributed by atoms with Crippen molar-refractivity contribution in [3.63, 3.8) is 0 Å². The largest absolute Gasteiger partial charge is 0.407 e. The van der Waals surface area contributed by atoms with Crippen LogP contribution >= 0.6 is 0 Å². The molecule has 1 aliphatic heterocycles. The molecule has 3 atom stereocenters. The van der Waals surface area contributed by atoms with Gasteiger partial charge in [-0.25, -0.2) is 0 Å². The lowest BCUT2D eigenvalue weighted by atomic mass is 10.1. The highest BCUT2D eigenvalue weighted by atomic mass is 32.2. The molecule has 35 heavy (non-hydrogen) atoms. The van der Waals surface area contributed by atoms with Crippen molar-refractivity contribution in [1.82, 2.24) is 0 Å². The van der Waals surface area contributed by atoms with E-state index in [9.17, 15) is 4.21 Å². The van der Waals surface area contributed by atoms with Crippen LogP contribution in [0.25, 0.3) is 0 Å². The second-order valence-electron chi connectivity index (χ2n) is 10.2. The first-order valence-electron chi connectivity index (χ1n) is 12.3. The maximum absolute atomic E-state index is 13.4. The van der Waals surface area contributed by atoms with Gasteiger partial charge in [-0.2, -0.15) is 0 Å². The average Bonchev–Trinajstić information content (AvgIpc) is 2.87. The Bertz CT molecular complexity index is 1100. The van der Waals surface area contributed by atoms with Gasteiger partial charge in [-0.05, 0) is 40.9 Å². The molecular formula is C30H36O3SSi. The molecule has 1 heterocycles. The first-order chi connectivity index (χ1) is 16.8. The highest BCUT2D eigenvalue weighted by Gasteiger charge is 2.50. The maximum atomic E-state index is 13.4. The van der Waals surface area contributed by atoms with Crippen molar-refractivity contribution in [3.05, 3.63) is 103 Å². The Morgan fingerprint density at radius 1 is 0.914 bits per heavy atom. The molecular weight excluding hydrogens is 468 g/mol. The molecule has 0 amide bonds. The van der Waals surface area contributed by atoms with Crippen LogP contribution in [0.2, 0.25) is 5.04 Å². The lowest BCUT2D eigenvalue weighted by Crippen LogP contribution is -2.66. The summed E-state index contributed by atoms with van der Waals surface area (Å²) in [5.74, 6) is 0. The van der Waals surface area contributed by atoms with E-state index in [-0.39, 0.29) is 16.4 Å². The Balaban J connectivity index is 1.59. The van der Waals surface area contributed by atoms with E-state index >= 15 is 0 Å². The van der Waals surface area contributed by atoms with Gasteiger partial charge in [0, 0.05) is 11.5 Å². The van der Waals surface area contributed by atoms with Crippen LogP contribution in [0, 0.1) is 6.92 Å². The Hall–Kier alpha value is -2.31. The average molecular weight is 505 g/mol. The van der Waals surface area contributed by atoms with Crippen LogP contribution in [-0.2, 0) is 20.0 Å². The van der Waals surface area contributed by atoms with Crippen molar-refractivity contribution in [3.8, 4) is 0 Å². The number of hydrogen-bond acceptors (Lipinski definition) is 3. The lowest BCUT2D eigenvalue weighted by molar-refractivity contribution is 0.0530. The van der Waals surface area contributed by atoms with Gasteiger partial charge in [-0.15, -0.1) is 0 Å². The molecule has 0 N–H and O–H groups in total. The number of aryl methyl sites for hydroxylation is 1. The van der Waals surface area contributed by atoms with Crippen molar-refractivity contribution in [1.29, 1.82) is 0 Å². The van der Waals surface area contributed by atoms with E-state index in [0.29, 0.717) is 19.6 Å². The standard InChI is InChI=1S/C30H36O3SSi/c1-24-17-19-25(20-18-24)34(31)29-16-11-22-32-28(29)21-23-33-35(30(2,3)4,26-12-7-5-8-13-26)27-14-9-6-10-15-27/h5-20,28-29H,21-23H2,1-4H3/t28-,29+,34?/m0/s1. The molecule has 0 aliphatic carbocycles. The van der Waals surface area contributed by atoms with Crippen LogP contribution in [0.15, 0.2) is 102 Å². The second-order valence-corrected chi connectivity index (χ2v) is 16.1. The van der Waals surface area contributed by atoms with Crippen LogP contribution in [0.4, 0.5) is 0 Å². The van der Waals surface area contributed by atoms with Gasteiger partial charge in [0.1, 0.15) is 0 Å². The highest BCUT2D eigenvalue weighted by molar-refractivity contribution is 7.86. The van der Waals surface area contributed by atoms with Crippen molar-refractivity contribution in [2.45, 2.75) is 55.4 Å². The summed E-state index contributed by atoms with van der Waals surface area (Å²) in [5, 5.41) is 2.27. The van der Waals surface area contributed by atoms with E-state index < -0.39 is 19.1 Å². The smallest absolute Gasteiger partial charge is 0.261 e. The van der Waals surface area contributed by atoms with E-state index in [1.165, 1.54) is 10.4 Å². The molecule has 0 spiro atoms. The topological polar surface area (TPSA) is 35.5 Å². The normalized spacial score (nSPS) is 19.4. The molecule has 184 valence electrons. The van der Waals surface area contributed by atoms with Gasteiger partial charge in [0.25, 0.3) is 8.32 Å².